The van der Waals surface area contributed by atoms with Crippen LogP contribution in [0, 0.1) is 0 Å². The van der Waals surface area contributed by atoms with Crippen molar-refractivity contribution < 1.29 is 9.84 Å². The zero-order valence-electron chi connectivity index (χ0n) is 29.1. The van der Waals surface area contributed by atoms with Gasteiger partial charge in [-0.25, -0.2) is 4.98 Å². The Balaban J connectivity index is 1.37. The average molecular weight is 665 g/mol. The second-order valence-corrected chi connectivity index (χ2v) is 14.0. The molecule has 2 aromatic heterocycles. The van der Waals surface area contributed by atoms with Crippen molar-refractivity contribution in [2.24, 2.45) is 0 Å². The van der Waals surface area contributed by atoms with Crippen LogP contribution in [0.15, 0.2) is 139 Å². The van der Waals surface area contributed by atoms with E-state index < -0.39 is 0 Å². The van der Waals surface area contributed by atoms with Gasteiger partial charge < -0.3 is 14.7 Å². The van der Waals surface area contributed by atoms with E-state index in [1.165, 1.54) is 22.3 Å². The van der Waals surface area contributed by atoms with Crippen LogP contribution in [0.1, 0.15) is 56.4 Å². The van der Waals surface area contributed by atoms with E-state index in [9.17, 15) is 5.11 Å². The van der Waals surface area contributed by atoms with E-state index in [1.807, 2.05) is 60.8 Å². The van der Waals surface area contributed by atoms with Crippen LogP contribution in [-0.4, -0.2) is 31.3 Å². The second kappa shape index (κ2) is 12.1. The highest BCUT2D eigenvalue weighted by molar-refractivity contribution is 6.85. The Labute approximate surface area is 298 Å². The molecule has 4 aromatic carbocycles. The van der Waals surface area contributed by atoms with Crippen LogP contribution in [0.25, 0.3) is 45.5 Å². The molecule has 0 aliphatic carbocycles. The van der Waals surface area contributed by atoms with Crippen molar-refractivity contribution in [2.75, 3.05) is 0 Å². The molecule has 0 fully saturated rings. The van der Waals surface area contributed by atoms with Crippen molar-refractivity contribution in [1.29, 1.82) is 0 Å². The third kappa shape index (κ3) is 5.03. The molecule has 248 valence electrons. The first-order chi connectivity index (χ1) is 24.9. The fourth-order valence-electron chi connectivity index (χ4n) is 7.68. The lowest BCUT2D eigenvalue weighted by atomic mass is 9.48. The third-order valence-corrected chi connectivity index (χ3v) is 10.1. The summed E-state index contributed by atoms with van der Waals surface area (Å²) in [6.07, 6.45) is 10.2. The van der Waals surface area contributed by atoms with Gasteiger partial charge in [-0.15, -0.1) is 0 Å². The largest absolute Gasteiger partial charge is 0.507 e. The second-order valence-electron chi connectivity index (χ2n) is 14.0. The minimum atomic E-state index is -0.275. The number of aromatic hydroxyl groups is 1. The average Bonchev–Trinajstić information content (AvgIpc) is 3.53. The van der Waals surface area contributed by atoms with Gasteiger partial charge in [0.15, 0.2) is 5.88 Å². The van der Waals surface area contributed by atoms with Crippen LogP contribution < -0.4 is 15.8 Å². The van der Waals surface area contributed by atoms with E-state index in [-0.39, 0.29) is 24.4 Å². The monoisotopic (exact) mass is 664 g/mol. The van der Waals surface area contributed by atoms with Gasteiger partial charge in [0.25, 0.3) is 0 Å². The molecule has 51 heavy (non-hydrogen) atoms. The number of pyridine rings is 1. The summed E-state index contributed by atoms with van der Waals surface area (Å²) in [5.74, 6) is 2.86. The molecular formula is C44H37BN4O2. The maximum atomic E-state index is 11.4. The predicted octanol–water partition coefficient (Wildman–Crippen LogP) is 8.79. The molecule has 0 amide bonds. The summed E-state index contributed by atoms with van der Waals surface area (Å²) in [6.45, 7) is 8.76. The number of imidazole rings is 1. The van der Waals surface area contributed by atoms with Gasteiger partial charge in [0.1, 0.15) is 17.3 Å². The molecule has 0 radical (unpaired) electrons. The molecule has 0 saturated carbocycles. The number of hydrogen-bond acceptors (Lipinski definition) is 5. The maximum absolute atomic E-state index is 11.4. The fraction of sp³-hybridized carbons (Fsp3) is 0.136. The topological polar surface area (TPSA) is 63.4 Å². The summed E-state index contributed by atoms with van der Waals surface area (Å²) in [7, 11) is 0. The lowest BCUT2D eigenvalue weighted by Gasteiger charge is -2.41. The molecule has 0 unspecified atom stereocenters. The quantitative estimate of drug-likeness (QED) is 0.181. The molecule has 5 heterocycles. The third-order valence-electron chi connectivity index (χ3n) is 10.1. The van der Waals surface area contributed by atoms with Gasteiger partial charge in [-0.05, 0) is 112 Å². The highest BCUT2D eigenvalue weighted by Crippen LogP contribution is 2.42. The molecule has 3 aliphatic rings. The van der Waals surface area contributed by atoms with E-state index in [2.05, 4.69) is 109 Å². The Bertz CT molecular complexity index is 2400. The molecule has 1 N–H and O–H groups in total. The molecule has 3 aliphatic heterocycles. The summed E-state index contributed by atoms with van der Waals surface area (Å²) in [6, 6.07) is 35.1. The van der Waals surface area contributed by atoms with Gasteiger partial charge >= 0.3 is 6.85 Å². The normalized spacial score (nSPS) is 14.2. The Morgan fingerprint density at radius 3 is 2.24 bits per heavy atom. The first-order valence-corrected chi connectivity index (χ1v) is 17.6. The van der Waals surface area contributed by atoms with E-state index in [4.69, 9.17) is 9.72 Å². The maximum Gasteiger partial charge on any atom is 0.357 e. The number of rotatable bonds is 6. The van der Waals surface area contributed by atoms with Crippen molar-refractivity contribution in [2.45, 2.75) is 39.5 Å². The van der Waals surface area contributed by atoms with Gasteiger partial charge in [0.05, 0.1) is 28.2 Å². The first kappa shape index (κ1) is 30.9. The van der Waals surface area contributed by atoms with Crippen LogP contribution in [0.3, 0.4) is 0 Å². The number of phenols is 1. The minimum absolute atomic E-state index is 0.190. The number of para-hydroxylation sites is 1. The smallest absolute Gasteiger partial charge is 0.357 e. The number of ether oxygens (including phenoxy) is 1. The van der Waals surface area contributed by atoms with Crippen molar-refractivity contribution in [3.05, 3.63) is 156 Å². The number of allylic oxidation sites excluding steroid dienone is 3. The molecular weight excluding hydrogens is 627 g/mol. The summed E-state index contributed by atoms with van der Waals surface area (Å²) in [5.41, 5.74) is 12.5. The lowest BCUT2D eigenvalue weighted by Crippen LogP contribution is -2.62. The molecule has 0 spiro atoms. The van der Waals surface area contributed by atoms with E-state index in [0.29, 0.717) is 11.4 Å². The van der Waals surface area contributed by atoms with Crippen LogP contribution in [0.5, 0.6) is 11.5 Å². The highest BCUT2D eigenvalue weighted by atomic mass is 16.5. The van der Waals surface area contributed by atoms with Crippen molar-refractivity contribution in [1.82, 2.24) is 19.3 Å². The van der Waals surface area contributed by atoms with Gasteiger partial charge in [-0.3, -0.25) is 9.55 Å². The molecule has 0 bridgehead atoms. The molecule has 6 nitrogen and oxygen atoms in total. The fourth-order valence-corrected chi connectivity index (χ4v) is 7.68. The Hall–Kier alpha value is -6.08. The predicted molar refractivity (Wildman–Crippen MR) is 207 cm³/mol. The summed E-state index contributed by atoms with van der Waals surface area (Å²) < 4.78 is 8.88. The van der Waals surface area contributed by atoms with Crippen LogP contribution in [0.2, 0.25) is 0 Å². The number of hydrogen-bond donors (Lipinski definition) is 1. The number of nitrogens with zero attached hydrogens (tertiary/aromatic N) is 4. The Morgan fingerprint density at radius 1 is 0.765 bits per heavy atom. The summed E-state index contributed by atoms with van der Waals surface area (Å²) >= 11 is 0. The van der Waals surface area contributed by atoms with E-state index in [0.717, 1.165) is 51.0 Å². The summed E-state index contributed by atoms with van der Waals surface area (Å²) in [4.78, 5) is 12.4. The highest BCUT2D eigenvalue weighted by Gasteiger charge is 2.46. The lowest BCUT2D eigenvalue weighted by molar-refractivity contribution is 0.324. The van der Waals surface area contributed by atoms with Gasteiger partial charge in [-0.1, -0.05) is 88.4 Å². The van der Waals surface area contributed by atoms with Crippen molar-refractivity contribution >= 4 is 24.0 Å². The SMILES string of the molecule is CC(C)c1cc(-c2ccccc2)cc(C(C)C)c1-n1c(-c2ccccc2O)nc2c1C=C1C=CC=C3Oc4ccc(-c5ccccn5)cc4B2N13. The molecule has 9 rings (SSSR count). The number of fused-ring (bicyclic) bond motifs is 4. The van der Waals surface area contributed by atoms with Crippen LogP contribution in [0.4, 0.5) is 0 Å². The van der Waals surface area contributed by atoms with Crippen LogP contribution >= 0.6 is 0 Å². The molecule has 0 saturated heterocycles. The minimum Gasteiger partial charge on any atom is -0.507 e. The van der Waals surface area contributed by atoms with Gasteiger partial charge in [0.2, 0.25) is 0 Å². The zero-order valence-corrected chi connectivity index (χ0v) is 29.1. The molecule has 6 aromatic rings. The standard InChI is InChI=1S/C44H37BN4O2/c1-27(2)34-23-31(29-13-6-5-7-14-29)24-35(28(3)4)42(34)48-38-26-32-15-12-19-41-49(32)45(43(38)47-44(48)33-16-8-9-18-39(33)50)36-25-30(20-21-40(36)51-41)37-17-10-11-22-46-37/h5-28,50H,1-4H3. The Morgan fingerprint density at radius 2 is 1.51 bits per heavy atom. The number of benzene rings is 4. The van der Waals surface area contributed by atoms with Crippen molar-refractivity contribution in [3.63, 3.8) is 0 Å². The summed E-state index contributed by atoms with van der Waals surface area (Å²) in [5, 5.41) is 11.4. The van der Waals surface area contributed by atoms with Crippen molar-refractivity contribution in [3.8, 4) is 51.0 Å². The van der Waals surface area contributed by atoms with Crippen LogP contribution in [-0.2, 0) is 0 Å². The Kier molecular flexibility index (Phi) is 7.32. The number of phenolic OH excluding ortho intramolecular Hbond substituents is 1. The zero-order chi connectivity index (χ0) is 34.8. The van der Waals surface area contributed by atoms with Gasteiger partial charge in [0, 0.05) is 11.9 Å². The molecule has 7 heteroatoms. The molecule has 0 atom stereocenters. The first-order valence-electron chi connectivity index (χ1n) is 17.6. The van der Waals surface area contributed by atoms with Gasteiger partial charge in [-0.2, -0.15) is 0 Å². The van der Waals surface area contributed by atoms with E-state index in [1.54, 1.807) is 6.07 Å². The van der Waals surface area contributed by atoms with E-state index >= 15 is 0 Å². The number of aromatic nitrogens is 3.